The highest BCUT2D eigenvalue weighted by Gasteiger charge is 2.03. The minimum absolute atomic E-state index is 0.436. The summed E-state index contributed by atoms with van der Waals surface area (Å²) >= 11 is 1.46. The van der Waals surface area contributed by atoms with Crippen LogP contribution in [0.4, 0.5) is 0 Å². The van der Waals surface area contributed by atoms with Crippen molar-refractivity contribution in [3.63, 3.8) is 0 Å². The van der Waals surface area contributed by atoms with E-state index in [1.807, 2.05) is 24.4 Å². The molecule has 1 aromatic heterocycles. The van der Waals surface area contributed by atoms with E-state index in [1.165, 1.54) is 17.3 Å². The second kappa shape index (κ2) is 5.38. The lowest BCUT2D eigenvalue weighted by Gasteiger charge is -2.05. The first kappa shape index (κ1) is 10.8. The molecule has 0 radical (unpaired) electrons. The van der Waals surface area contributed by atoms with E-state index < -0.39 is 0 Å². The molecule has 16 heavy (non-hydrogen) atoms. The van der Waals surface area contributed by atoms with Crippen LogP contribution in [0.2, 0.25) is 0 Å². The maximum atomic E-state index is 8.54. The van der Waals surface area contributed by atoms with Gasteiger partial charge in [0.15, 0.2) is 5.16 Å². The minimum atomic E-state index is 0.436. The molecule has 4 heteroatoms. The summed E-state index contributed by atoms with van der Waals surface area (Å²) in [6.45, 7) is 0.800. The van der Waals surface area contributed by atoms with E-state index in [-0.39, 0.29) is 0 Å². The molecule has 0 aliphatic carbocycles. The monoisotopic (exact) mass is 229 g/mol. The van der Waals surface area contributed by atoms with Crippen LogP contribution in [0.3, 0.4) is 0 Å². The van der Waals surface area contributed by atoms with E-state index >= 15 is 0 Å². The lowest BCUT2D eigenvalue weighted by Crippen LogP contribution is -2.00. The van der Waals surface area contributed by atoms with Crippen LogP contribution in [-0.4, -0.2) is 15.3 Å². The van der Waals surface area contributed by atoms with Gasteiger partial charge in [0.05, 0.1) is 11.8 Å². The third-order valence-electron chi connectivity index (χ3n) is 2.14. The fraction of sp³-hybridized carbons (Fsp3) is 0.167. The van der Waals surface area contributed by atoms with Gasteiger partial charge in [-0.05, 0) is 5.56 Å². The number of hydrogen-bond donors (Lipinski definition) is 0. The van der Waals surface area contributed by atoms with E-state index in [0.29, 0.717) is 5.75 Å². The fourth-order valence-electron chi connectivity index (χ4n) is 1.43. The summed E-state index contributed by atoms with van der Waals surface area (Å²) < 4.78 is 2.05. The summed E-state index contributed by atoms with van der Waals surface area (Å²) in [6, 6.07) is 12.3. The molecule has 0 bridgehead atoms. The van der Waals surface area contributed by atoms with Gasteiger partial charge in [-0.15, -0.1) is 0 Å². The lowest BCUT2D eigenvalue weighted by atomic mass is 10.2. The Bertz CT molecular complexity index is 484. The summed E-state index contributed by atoms with van der Waals surface area (Å²) in [5.74, 6) is 0.436. The maximum Gasteiger partial charge on any atom is 0.169 e. The van der Waals surface area contributed by atoms with Gasteiger partial charge in [-0.25, -0.2) is 4.98 Å². The molecule has 0 aliphatic rings. The van der Waals surface area contributed by atoms with Gasteiger partial charge in [-0.3, -0.25) is 0 Å². The molecular weight excluding hydrogens is 218 g/mol. The molecule has 1 aromatic carbocycles. The molecule has 0 saturated carbocycles. The average molecular weight is 229 g/mol. The molecule has 0 fully saturated rings. The maximum absolute atomic E-state index is 8.54. The highest BCUT2D eigenvalue weighted by molar-refractivity contribution is 7.99. The van der Waals surface area contributed by atoms with Crippen LogP contribution in [0.25, 0.3) is 0 Å². The van der Waals surface area contributed by atoms with Crippen LogP contribution >= 0.6 is 11.8 Å². The molecule has 0 spiro atoms. The van der Waals surface area contributed by atoms with Crippen molar-refractivity contribution >= 4 is 11.8 Å². The molecule has 0 aliphatic heterocycles. The van der Waals surface area contributed by atoms with Crippen LogP contribution < -0.4 is 0 Å². The average Bonchev–Trinajstić information content (AvgIpc) is 2.75. The Kier molecular flexibility index (Phi) is 3.62. The standard InChI is InChI=1S/C12H11N3S/c13-6-9-16-12-14-7-8-15(12)10-11-4-2-1-3-5-11/h1-5,7-8H,9-10H2. The van der Waals surface area contributed by atoms with Crippen LogP contribution in [0.5, 0.6) is 0 Å². The number of imidazole rings is 1. The molecule has 0 unspecified atom stereocenters. The van der Waals surface area contributed by atoms with Gasteiger partial charge in [-0.2, -0.15) is 5.26 Å². The molecule has 2 aromatic rings. The molecule has 0 amide bonds. The van der Waals surface area contributed by atoms with Gasteiger partial charge in [0.1, 0.15) is 0 Å². The van der Waals surface area contributed by atoms with Gasteiger partial charge in [0.2, 0.25) is 0 Å². The van der Waals surface area contributed by atoms with Gasteiger partial charge >= 0.3 is 0 Å². The van der Waals surface area contributed by atoms with Crippen LogP contribution in [0.1, 0.15) is 5.56 Å². The molecule has 1 heterocycles. The third kappa shape index (κ3) is 2.65. The molecule has 3 nitrogen and oxygen atoms in total. The first-order valence-corrected chi connectivity index (χ1v) is 5.93. The van der Waals surface area contributed by atoms with Crippen molar-refractivity contribution in [1.29, 1.82) is 5.26 Å². The summed E-state index contributed by atoms with van der Waals surface area (Å²) in [7, 11) is 0. The Morgan fingerprint density at radius 1 is 1.31 bits per heavy atom. The summed E-state index contributed by atoms with van der Waals surface area (Å²) in [5.41, 5.74) is 1.24. The Hall–Kier alpha value is -1.73. The Balaban J connectivity index is 2.10. The molecule has 80 valence electrons. The zero-order chi connectivity index (χ0) is 11.2. The highest BCUT2D eigenvalue weighted by atomic mass is 32.2. The molecular formula is C12H11N3S. The Morgan fingerprint density at radius 3 is 2.88 bits per heavy atom. The Morgan fingerprint density at radius 2 is 2.12 bits per heavy atom. The van der Waals surface area contributed by atoms with Crippen molar-refractivity contribution < 1.29 is 0 Å². The van der Waals surface area contributed by atoms with Crippen molar-refractivity contribution in [2.45, 2.75) is 11.7 Å². The molecule has 0 atom stereocenters. The van der Waals surface area contributed by atoms with Gasteiger partial charge < -0.3 is 4.57 Å². The van der Waals surface area contributed by atoms with Crippen LogP contribution in [0, 0.1) is 11.3 Å². The van der Waals surface area contributed by atoms with Gasteiger partial charge in [0.25, 0.3) is 0 Å². The number of thioether (sulfide) groups is 1. The summed E-state index contributed by atoms with van der Waals surface area (Å²) in [5, 5.41) is 9.43. The van der Waals surface area contributed by atoms with Gasteiger partial charge in [0, 0.05) is 18.9 Å². The predicted molar refractivity (Wildman–Crippen MR) is 64.1 cm³/mol. The van der Waals surface area contributed by atoms with Crippen molar-refractivity contribution in [3.05, 3.63) is 48.3 Å². The molecule has 0 N–H and O–H groups in total. The molecule has 2 rings (SSSR count). The lowest BCUT2D eigenvalue weighted by molar-refractivity contribution is 0.709. The second-order valence-corrected chi connectivity index (χ2v) is 4.21. The summed E-state index contributed by atoms with van der Waals surface area (Å²) in [4.78, 5) is 4.22. The number of nitriles is 1. The Labute approximate surface area is 98.7 Å². The number of nitrogens with zero attached hydrogens (tertiary/aromatic N) is 3. The normalized spacial score (nSPS) is 9.94. The smallest absolute Gasteiger partial charge is 0.169 e. The first-order chi connectivity index (χ1) is 7.90. The quantitative estimate of drug-likeness (QED) is 0.756. The van der Waals surface area contributed by atoms with Crippen LogP contribution in [-0.2, 0) is 6.54 Å². The minimum Gasteiger partial charge on any atom is -0.322 e. The number of hydrogen-bond acceptors (Lipinski definition) is 3. The van der Waals surface area contributed by atoms with Gasteiger partial charge in [-0.1, -0.05) is 42.1 Å². The number of aromatic nitrogens is 2. The largest absolute Gasteiger partial charge is 0.322 e. The predicted octanol–water partition coefficient (Wildman–Crippen LogP) is 2.55. The fourth-order valence-corrected chi connectivity index (χ4v) is 2.05. The van der Waals surface area contributed by atoms with E-state index in [4.69, 9.17) is 5.26 Å². The third-order valence-corrected chi connectivity index (χ3v) is 3.01. The molecule has 0 saturated heterocycles. The van der Waals surface area contributed by atoms with E-state index in [9.17, 15) is 0 Å². The van der Waals surface area contributed by atoms with E-state index in [1.54, 1.807) is 6.20 Å². The number of rotatable bonds is 4. The van der Waals surface area contributed by atoms with Crippen LogP contribution in [0.15, 0.2) is 47.9 Å². The van der Waals surface area contributed by atoms with Crippen molar-refractivity contribution in [3.8, 4) is 6.07 Å². The van der Waals surface area contributed by atoms with Crippen molar-refractivity contribution in [2.75, 3.05) is 5.75 Å². The highest BCUT2D eigenvalue weighted by Crippen LogP contribution is 2.16. The first-order valence-electron chi connectivity index (χ1n) is 4.95. The number of benzene rings is 1. The summed E-state index contributed by atoms with van der Waals surface area (Å²) in [6.07, 6.45) is 3.70. The van der Waals surface area contributed by atoms with Crippen molar-refractivity contribution in [2.24, 2.45) is 0 Å². The van der Waals surface area contributed by atoms with E-state index in [0.717, 1.165) is 11.7 Å². The topological polar surface area (TPSA) is 41.6 Å². The van der Waals surface area contributed by atoms with Crippen molar-refractivity contribution in [1.82, 2.24) is 9.55 Å². The zero-order valence-electron chi connectivity index (χ0n) is 8.71. The SMILES string of the molecule is N#CCSc1nccn1Cc1ccccc1. The van der Waals surface area contributed by atoms with E-state index in [2.05, 4.69) is 27.8 Å². The zero-order valence-corrected chi connectivity index (χ0v) is 9.52. The second-order valence-electron chi connectivity index (χ2n) is 3.27.